The quantitative estimate of drug-likeness (QED) is 0.333. The second kappa shape index (κ2) is 10.6. The Morgan fingerprint density at radius 2 is 1.67 bits per heavy atom. The van der Waals surface area contributed by atoms with Gasteiger partial charge in [-0.15, -0.1) is 0 Å². The van der Waals surface area contributed by atoms with E-state index in [-0.39, 0.29) is 11.6 Å². The average Bonchev–Trinajstić information content (AvgIpc) is 3.61. The molecule has 6 aromatic rings. The molecule has 0 radical (unpaired) electrons. The van der Waals surface area contributed by atoms with Crippen LogP contribution in [0.3, 0.4) is 0 Å². The number of hydrogen-bond donors (Lipinski definition) is 1. The van der Waals surface area contributed by atoms with Gasteiger partial charge in [-0.05, 0) is 60.2 Å². The highest BCUT2D eigenvalue weighted by molar-refractivity contribution is 6.04. The van der Waals surface area contributed by atoms with E-state index >= 15 is 0 Å². The normalized spacial score (nSPS) is 14.2. The molecule has 10 heteroatoms. The maximum absolute atomic E-state index is 13.6. The van der Waals surface area contributed by atoms with E-state index in [9.17, 15) is 9.59 Å². The number of hydrogen-bond acceptors (Lipinski definition) is 6. The number of amides is 1. The first-order valence-electron chi connectivity index (χ1n) is 14.4. The number of imidazole rings is 1. The summed E-state index contributed by atoms with van der Waals surface area (Å²) in [4.78, 5) is 36.5. The van der Waals surface area contributed by atoms with Crippen LogP contribution in [0.4, 0.5) is 0 Å². The molecule has 4 aromatic heterocycles. The Morgan fingerprint density at radius 1 is 0.907 bits per heavy atom. The first-order valence-corrected chi connectivity index (χ1v) is 14.4. The van der Waals surface area contributed by atoms with E-state index in [0.717, 1.165) is 62.8 Å². The molecule has 0 atom stereocenters. The van der Waals surface area contributed by atoms with E-state index in [4.69, 9.17) is 5.11 Å². The minimum Gasteiger partial charge on any atom is -0.387 e. The van der Waals surface area contributed by atoms with E-state index < -0.39 is 6.61 Å². The molecule has 0 unspecified atom stereocenters. The molecule has 0 aliphatic carbocycles. The van der Waals surface area contributed by atoms with E-state index in [1.54, 1.807) is 38.2 Å². The van der Waals surface area contributed by atoms with Gasteiger partial charge in [0.15, 0.2) is 0 Å². The van der Waals surface area contributed by atoms with Gasteiger partial charge in [-0.1, -0.05) is 24.3 Å². The molecule has 216 valence electrons. The predicted molar refractivity (Wildman–Crippen MR) is 165 cm³/mol. The number of piperidine rings is 1. The molecule has 0 saturated carbocycles. The summed E-state index contributed by atoms with van der Waals surface area (Å²) in [6.45, 7) is 0.829. The van der Waals surface area contributed by atoms with Crippen LogP contribution in [0.2, 0.25) is 0 Å². The van der Waals surface area contributed by atoms with Gasteiger partial charge in [0, 0.05) is 56.1 Å². The Bertz CT molecular complexity index is 2030. The highest BCUT2D eigenvalue weighted by Gasteiger charge is 2.24. The molecular weight excluding hydrogens is 542 g/mol. The largest absolute Gasteiger partial charge is 0.387 e. The van der Waals surface area contributed by atoms with E-state index in [1.807, 2.05) is 55.8 Å². The molecule has 1 amide bonds. The molecule has 0 spiro atoms. The van der Waals surface area contributed by atoms with Crippen molar-refractivity contribution < 1.29 is 9.90 Å². The summed E-state index contributed by atoms with van der Waals surface area (Å²) in [5.74, 6) is 0.110. The molecule has 43 heavy (non-hydrogen) atoms. The van der Waals surface area contributed by atoms with Gasteiger partial charge in [-0.25, -0.2) is 4.79 Å². The van der Waals surface area contributed by atoms with E-state index in [0.29, 0.717) is 19.0 Å². The molecule has 1 aliphatic heterocycles. The van der Waals surface area contributed by atoms with Crippen molar-refractivity contribution in [3.05, 3.63) is 95.4 Å². The number of aryl methyl sites for hydroxylation is 2. The van der Waals surface area contributed by atoms with E-state index in [1.165, 1.54) is 5.56 Å². The topological polar surface area (TPSA) is 111 Å². The van der Waals surface area contributed by atoms with Gasteiger partial charge in [0.1, 0.15) is 6.61 Å². The minimum atomic E-state index is -0.444. The van der Waals surface area contributed by atoms with E-state index in [2.05, 4.69) is 33.3 Å². The number of likely N-dealkylation sites (tertiary alicyclic amines) is 1. The Balaban J connectivity index is 1.25. The van der Waals surface area contributed by atoms with Crippen molar-refractivity contribution in [3.63, 3.8) is 0 Å². The Labute approximate surface area is 247 Å². The van der Waals surface area contributed by atoms with Gasteiger partial charge >= 0.3 is 5.69 Å². The third kappa shape index (κ3) is 4.69. The lowest BCUT2D eigenvalue weighted by atomic mass is 9.89. The molecule has 0 bridgehead atoms. The van der Waals surface area contributed by atoms with Crippen LogP contribution in [0.1, 0.15) is 24.3 Å². The summed E-state index contributed by atoms with van der Waals surface area (Å²) in [6.07, 6.45) is 9.04. The Kier molecular flexibility index (Phi) is 6.62. The first-order chi connectivity index (χ1) is 20.9. The third-order valence-electron chi connectivity index (χ3n) is 8.59. The summed E-state index contributed by atoms with van der Waals surface area (Å²) in [6, 6.07) is 18.3. The molecule has 1 N–H and O–H groups in total. The zero-order chi connectivity index (χ0) is 29.7. The van der Waals surface area contributed by atoms with Gasteiger partial charge in [0.2, 0.25) is 5.91 Å². The van der Waals surface area contributed by atoms with Crippen molar-refractivity contribution in [1.82, 2.24) is 33.8 Å². The number of rotatable bonds is 5. The molecule has 10 nitrogen and oxygen atoms in total. The number of aromatic nitrogens is 6. The second-order valence-electron chi connectivity index (χ2n) is 11.1. The summed E-state index contributed by atoms with van der Waals surface area (Å²) < 4.78 is 5.16. The lowest BCUT2D eigenvalue weighted by Crippen LogP contribution is -2.39. The number of benzene rings is 2. The van der Waals surface area contributed by atoms with Crippen LogP contribution in [-0.4, -0.2) is 64.5 Å². The highest BCUT2D eigenvalue weighted by Crippen LogP contribution is 2.32. The van der Waals surface area contributed by atoms with Gasteiger partial charge in [-0.2, -0.15) is 5.10 Å². The fourth-order valence-electron chi connectivity index (χ4n) is 6.16. The zero-order valence-electron chi connectivity index (χ0n) is 24.0. The molecule has 5 heterocycles. The number of aliphatic hydroxyl groups excluding tert-OH is 1. The Hall–Kier alpha value is -5.09. The van der Waals surface area contributed by atoms with Gasteiger partial charge in [0.25, 0.3) is 0 Å². The summed E-state index contributed by atoms with van der Waals surface area (Å²) in [7, 11) is 3.66. The minimum absolute atomic E-state index is 0.138. The van der Waals surface area contributed by atoms with Gasteiger partial charge < -0.3 is 10.0 Å². The average molecular weight is 574 g/mol. The first kappa shape index (κ1) is 26.8. The number of carbonyl (C=O) groups is 1. The number of carbonyl (C=O) groups excluding carboxylic acids is 1. The number of aliphatic hydroxyl groups is 1. The van der Waals surface area contributed by atoms with Crippen LogP contribution in [-0.2, 0) is 18.9 Å². The van der Waals surface area contributed by atoms with Crippen molar-refractivity contribution in [1.29, 1.82) is 0 Å². The van der Waals surface area contributed by atoms with Crippen LogP contribution >= 0.6 is 0 Å². The number of pyridine rings is 2. The van der Waals surface area contributed by atoms with Crippen molar-refractivity contribution >= 4 is 27.8 Å². The molecule has 7 rings (SSSR count). The summed E-state index contributed by atoms with van der Waals surface area (Å²) in [5, 5.41) is 14.3. The maximum atomic E-state index is 13.6. The smallest absolute Gasteiger partial charge is 0.333 e. The van der Waals surface area contributed by atoms with Crippen molar-refractivity contribution in [3.8, 4) is 28.1 Å². The number of nitrogens with zero attached hydrogens (tertiary/aromatic N) is 7. The molecule has 1 aliphatic rings. The Morgan fingerprint density at radius 3 is 2.35 bits per heavy atom. The fourth-order valence-corrected chi connectivity index (χ4v) is 6.16. The summed E-state index contributed by atoms with van der Waals surface area (Å²) >= 11 is 0. The maximum Gasteiger partial charge on any atom is 0.333 e. The molecule has 1 fully saturated rings. The van der Waals surface area contributed by atoms with Gasteiger partial charge in [-0.3, -0.25) is 28.6 Å². The van der Waals surface area contributed by atoms with Gasteiger partial charge in [0.05, 0.1) is 40.3 Å². The second-order valence-corrected chi connectivity index (χ2v) is 11.1. The standard InChI is InChI=1S/C33H31N7O3/c1-37-19-25(17-36-37)28-9-6-24(16-34-28)23-5-10-29-27(15-23)32-30(18-35-29)38(2)33(43)40(32)26-7-3-21(4-8-26)22-11-13-39(14-12-22)31(42)20-41/h3-10,15-19,22,41H,11-14,20H2,1-2H3. The lowest BCUT2D eigenvalue weighted by Gasteiger charge is -2.32. The molecule has 1 saturated heterocycles. The summed E-state index contributed by atoms with van der Waals surface area (Å²) in [5.41, 5.74) is 7.96. The highest BCUT2D eigenvalue weighted by atomic mass is 16.3. The van der Waals surface area contributed by atoms with Crippen LogP contribution in [0.25, 0.3) is 50.0 Å². The van der Waals surface area contributed by atoms with Crippen LogP contribution < -0.4 is 5.69 Å². The van der Waals surface area contributed by atoms with Crippen LogP contribution in [0, 0.1) is 0 Å². The molecular formula is C33H31N7O3. The zero-order valence-corrected chi connectivity index (χ0v) is 24.0. The van der Waals surface area contributed by atoms with Crippen molar-refractivity contribution in [2.24, 2.45) is 14.1 Å². The third-order valence-corrected chi connectivity index (χ3v) is 8.59. The van der Waals surface area contributed by atoms with Crippen LogP contribution in [0.5, 0.6) is 0 Å². The monoisotopic (exact) mass is 573 g/mol. The van der Waals surface area contributed by atoms with Crippen molar-refractivity contribution in [2.45, 2.75) is 18.8 Å². The van der Waals surface area contributed by atoms with Crippen molar-refractivity contribution in [2.75, 3.05) is 19.7 Å². The number of fused-ring (bicyclic) bond motifs is 3. The SMILES string of the molecule is Cn1cc(-c2ccc(-c3ccc4ncc5c(c4c3)n(-c3ccc(C4CCN(C(=O)CO)CC4)cc3)c(=O)n5C)cn2)cn1. The fraction of sp³-hybridized carbons (Fsp3) is 0.242. The molecule has 2 aromatic carbocycles. The predicted octanol–water partition coefficient (Wildman–Crippen LogP) is 4.04. The van der Waals surface area contributed by atoms with Crippen LogP contribution in [0.15, 0.2) is 84.2 Å². The lowest BCUT2D eigenvalue weighted by molar-refractivity contribution is -0.135.